The summed E-state index contributed by atoms with van der Waals surface area (Å²) in [6.07, 6.45) is 5.05. The van der Waals surface area contributed by atoms with Gasteiger partial charge in [0.05, 0.1) is 24.8 Å². The molecule has 1 aromatic heterocycles. The number of benzene rings is 1. The number of carbonyl (C=O) groups excluding carboxylic acids is 1. The van der Waals surface area contributed by atoms with Crippen molar-refractivity contribution in [1.29, 1.82) is 0 Å². The topological polar surface area (TPSA) is 94.7 Å². The summed E-state index contributed by atoms with van der Waals surface area (Å²) >= 11 is 0. The van der Waals surface area contributed by atoms with Gasteiger partial charge in [0.25, 0.3) is 0 Å². The minimum atomic E-state index is -0.840. The molecule has 0 saturated carbocycles. The zero-order valence-electron chi connectivity index (χ0n) is 18.2. The Morgan fingerprint density at radius 1 is 1.19 bits per heavy atom. The Bertz CT molecular complexity index is 945. The van der Waals surface area contributed by atoms with E-state index < -0.39 is 5.60 Å². The first kappa shape index (κ1) is 21.7. The Labute approximate surface area is 182 Å². The second kappa shape index (κ2) is 8.90. The molecule has 1 fully saturated rings. The zero-order valence-corrected chi connectivity index (χ0v) is 18.2. The summed E-state index contributed by atoms with van der Waals surface area (Å²) in [6.45, 7) is 6.98. The second-order valence-electron chi connectivity index (χ2n) is 9.15. The van der Waals surface area contributed by atoms with Gasteiger partial charge in [-0.15, -0.1) is 0 Å². The van der Waals surface area contributed by atoms with E-state index in [2.05, 4.69) is 28.3 Å². The van der Waals surface area contributed by atoms with Gasteiger partial charge in [0.1, 0.15) is 6.33 Å². The minimum Gasteiger partial charge on any atom is -0.392 e. The smallest absolute Gasteiger partial charge is 0.237 e. The summed E-state index contributed by atoms with van der Waals surface area (Å²) in [7, 11) is 0. The maximum Gasteiger partial charge on any atom is 0.237 e. The number of β-amino-alcohol motifs (C(OH)–C–C–N with tert-alkyl or cyclic N) is 1. The fraction of sp³-hybridized carbons (Fsp3) is 0.522. The molecule has 0 aliphatic carbocycles. The number of aromatic nitrogens is 3. The number of likely N-dealkylation sites (tertiary alicyclic amines) is 1. The lowest BCUT2D eigenvalue weighted by molar-refractivity contribution is -0.131. The molecule has 1 amide bonds. The summed E-state index contributed by atoms with van der Waals surface area (Å²) in [6, 6.07) is 8.16. The average molecular weight is 426 g/mol. The predicted octanol–water partition coefficient (Wildman–Crippen LogP) is 1.40. The van der Waals surface area contributed by atoms with Gasteiger partial charge in [-0.05, 0) is 37.8 Å². The van der Waals surface area contributed by atoms with E-state index in [4.69, 9.17) is 0 Å². The van der Waals surface area contributed by atoms with Crippen LogP contribution in [0.4, 0.5) is 0 Å². The van der Waals surface area contributed by atoms with Crippen LogP contribution in [0.1, 0.15) is 32.3 Å². The molecule has 1 aromatic carbocycles. The molecule has 0 spiro atoms. The molecule has 3 heterocycles. The molecule has 2 N–H and O–H groups in total. The molecule has 8 nitrogen and oxygen atoms in total. The van der Waals surface area contributed by atoms with Gasteiger partial charge in [-0.2, -0.15) is 5.10 Å². The molecule has 0 bridgehead atoms. The van der Waals surface area contributed by atoms with Gasteiger partial charge < -0.3 is 15.1 Å². The van der Waals surface area contributed by atoms with Gasteiger partial charge in [-0.3, -0.25) is 9.69 Å². The third kappa shape index (κ3) is 5.58. The van der Waals surface area contributed by atoms with Crippen molar-refractivity contribution >= 4 is 11.5 Å². The van der Waals surface area contributed by atoms with Crippen molar-refractivity contribution in [1.82, 2.24) is 24.6 Å². The molecule has 31 heavy (non-hydrogen) atoms. The van der Waals surface area contributed by atoms with E-state index in [1.165, 1.54) is 5.57 Å². The van der Waals surface area contributed by atoms with Crippen molar-refractivity contribution in [3.05, 3.63) is 42.2 Å². The molecule has 1 saturated heterocycles. The summed E-state index contributed by atoms with van der Waals surface area (Å²) in [4.78, 5) is 20.8. The number of aliphatic hydroxyl groups excluding tert-OH is 1. The number of hydrogen-bond acceptors (Lipinski definition) is 6. The molecule has 4 rings (SSSR count). The predicted molar refractivity (Wildman–Crippen MR) is 118 cm³/mol. The van der Waals surface area contributed by atoms with Crippen molar-refractivity contribution in [2.45, 2.75) is 44.9 Å². The highest BCUT2D eigenvalue weighted by Gasteiger charge is 2.25. The summed E-state index contributed by atoms with van der Waals surface area (Å²) < 4.78 is 1.65. The standard InChI is InChI=1S/C23H31N5O3/c1-23(2,31)15-28-16-24-22(25-28)19-5-3-17(4-6-19)18-7-11-27(12-8-18)21(30)14-26-10-9-20(29)13-26/h3-7,16,20,29,31H,8-15H2,1-2H3/t20-/m0/s1. The molecule has 0 radical (unpaired) electrons. The van der Waals surface area contributed by atoms with E-state index in [9.17, 15) is 15.0 Å². The van der Waals surface area contributed by atoms with Crippen molar-refractivity contribution < 1.29 is 15.0 Å². The van der Waals surface area contributed by atoms with E-state index in [0.29, 0.717) is 38.5 Å². The highest BCUT2D eigenvalue weighted by molar-refractivity contribution is 5.80. The Kier molecular flexibility index (Phi) is 6.22. The van der Waals surface area contributed by atoms with Crippen LogP contribution in [0, 0.1) is 0 Å². The first-order valence-electron chi connectivity index (χ1n) is 10.9. The number of amides is 1. The molecule has 1 atom stereocenters. The number of aliphatic hydroxyl groups is 2. The highest BCUT2D eigenvalue weighted by atomic mass is 16.3. The number of hydrogen-bond donors (Lipinski definition) is 2. The van der Waals surface area contributed by atoms with Gasteiger partial charge in [0.2, 0.25) is 5.91 Å². The monoisotopic (exact) mass is 425 g/mol. The van der Waals surface area contributed by atoms with Gasteiger partial charge in [-0.25, -0.2) is 9.67 Å². The Morgan fingerprint density at radius 3 is 2.55 bits per heavy atom. The fourth-order valence-corrected chi connectivity index (χ4v) is 4.14. The van der Waals surface area contributed by atoms with Crippen molar-refractivity contribution in [3.8, 4) is 11.4 Å². The largest absolute Gasteiger partial charge is 0.392 e. The number of rotatable bonds is 6. The first-order chi connectivity index (χ1) is 14.8. The van der Waals surface area contributed by atoms with Crippen LogP contribution < -0.4 is 0 Å². The van der Waals surface area contributed by atoms with Gasteiger partial charge in [0, 0.05) is 31.7 Å². The van der Waals surface area contributed by atoms with Crippen LogP contribution in [-0.2, 0) is 11.3 Å². The van der Waals surface area contributed by atoms with Crippen LogP contribution in [0.5, 0.6) is 0 Å². The molecule has 0 unspecified atom stereocenters. The summed E-state index contributed by atoms with van der Waals surface area (Å²) in [5.74, 6) is 0.768. The first-order valence-corrected chi connectivity index (χ1v) is 10.9. The van der Waals surface area contributed by atoms with Gasteiger partial charge >= 0.3 is 0 Å². The quantitative estimate of drug-likeness (QED) is 0.727. The van der Waals surface area contributed by atoms with Crippen molar-refractivity contribution in [3.63, 3.8) is 0 Å². The summed E-state index contributed by atoms with van der Waals surface area (Å²) in [5, 5.41) is 24.0. The van der Waals surface area contributed by atoms with Gasteiger partial charge in [0.15, 0.2) is 5.82 Å². The lowest BCUT2D eigenvalue weighted by Gasteiger charge is -2.28. The molecular weight excluding hydrogens is 394 g/mol. The van der Waals surface area contributed by atoms with Crippen LogP contribution in [0.3, 0.4) is 0 Å². The second-order valence-corrected chi connectivity index (χ2v) is 9.15. The van der Waals surface area contributed by atoms with Crippen molar-refractivity contribution in [2.75, 3.05) is 32.7 Å². The maximum absolute atomic E-state index is 12.5. The number of carbonyl (C=O) groups is 1. The molecule has 2 aliphatic rings. The van der Waals surface area contributed by atoms with Gasteiger partial charge in [-0.1, -0.05) is 30.3 Å². The normalized spacial score (nSPS) is 20.2. The Morgan fingerprint density at radius 2 is 1.94 bits per heavy atom. The SMILES string of the molecule is CC(C)(O)Cn1cnc(-c2ccc(C3=CCN(C(=O)CN4CC[C@H](O)C4)CC3)cc2)n1. The Hall–Kier alpha value is -2.55. The lowest BCUT2D eigenvalue weighted by atomic mass is 9.98. The third-order valence-electron chi connectivity index (χ3n) is 5.77. The van der Waals surface area contributed by atoms with E-state index in [1.54, 1.807) is 24.9 Å². The van der Waals surface area contributed by atoms with Crippen LogP contribution in [-0.4, -0.2) is 85.1 Å². The lowest BCUT2D eigenvalue weighted by Crippen LogP contribution is -2.41. The maximum atomic E-state index is 12.5. The molecule has 8 heteroatoms. The molecule has 2 aliphatic heterocycles. The van der Waals surface area contributed by atoms with Crippen LogP contribution in [0.15, 0.2) is 36.7 Å². The minimum absolute atomic E-state index is 0.132. The summed E-state index contributed by atoms with van der Waals surface area (Å²) in [5.41, 5.74) is 2.48. The molecule has 166 valence electrons. The fourth-order valence-electron chi connectivity index (χ4n) is 4.14. The van der Waals surface area contributed by atoms with Crippen LogP contribution in [0.2, 0.25) is 0 Å². The molecule has 2 aromatic rings. The average Bonchev–Trinajstić information content (AvgIpc) is 3.36. The van der Waals surface area contributed by atoms with Crippen LogP contribution in [0.25, 0.3) is 17.0 Å². The highest BCUT2D eigenvalue weighted by Crippen LogP contribution is 2.25. The molecular formula is C23H31N5O3. The Balaban J connectivity index is 1.35. The van der Waals surface area contributed by atoms with E-state index in [1.807, 2.05) is 21.9 Å². The number of nitrogens with zero attached hydrogens (tertiary/aromatic N) is 5. The van der Waals surface area contributed by atoms with Crippen LogP contribution >= 0.6 is 0 Å². The van der Waals surface area contributed by atoms with Crippen molar-refractivity contribution in [2.24, 2.45) is 0 Å². The van der Waals surface area contributed by atoms with E-state index >= 15 is 0 Å². The third-order valence-corrected chi connectivity index (χ3v) is 5.77. The van der Waals surface area contributed by atoms with E-state index in [0.717, 1.165) is 30.5 Å². The van der Waals surface area contributed by atoms with E-state index in [-0.39, 0.29) is 12.0 Å². The zero-order chi connectivity index (χ0) is 22.0.